The maximum Gasteiger partial charge on any atom is 0.323 e. The minimum absolute atomic E-state index is 0.102. The Morgan fingerprint density at radius 1 is 1.44 bits per heavy atom. The van der Waals surface area contributed by atoms with Gasteiger partial charge in [-0.3, -0.25) is 10.1 Å². The van der Waals surface area contributed by atoms with E-state index in [1.54, 1.807) is 18.2 Å². The molecule has 0 aromatic heterocycles. The van der Waals surface area contributed by atoms with Crippen molar-refractivity contribution in [3.63, 3.8) is 0 Å². The van der Waals surface area contributed by atoms with Crippen molar-refractivity contribution in [3.8, 4) is 5.75 Å². The van der Waals surface area contributed by atoms with Crippen molar-refractivity contribution < 1.29 is 20.1 Å². The van der Waals surface area contributed by atoms with Crippen molar-refractivity contribution in [1.29, 1.82) is 0 Å². The molecule has 2 atom stereocenters. The van der Waals surface area contributed by atoms with Crippen LogP contribution in [0.4, 0.5) is 0 Å². The van der Waals surface area contributed by atoms with Crippen molar-refractivity contribution >= 4 is 5.97 Å². The lowest BCUT2D eigenvalue weighted by molar-refractivity contribution is -0.142. The van der Waals surface area contributed by atoms with Crippen LogP contribution in [0.5, 0.6) is 5.75 Å². The molecule has 1 aromatic carbocycles. The number of hydrogen-bond donors (Lipinski definition) is 4. The number of hydrogen-bond acceptors (Lipinski definition) is 4. The fourth-order valence-electron chi connectivity index (χ4n) is 1.34. The van der Waals surface area contributed by atoms with Crippen molar-refractivity contribution in [3.05, 3.63) is 29.8 Å². The van der Waals surface area contributed by atoms with E-state index in [0.717, 1.165) is 0 Å². The molecular weight excluding hydrogens is 210 g/mol. The Morgan fingerprint density at radius 3 is 2.56 bits per heavy atom. The highest BCUT2D eigenvalue weighted by molar-refractivity contribution is 5.74. The number of phenolic OH excluding ortho intramolecular Hbond substituents is 1. The van der Waals surface area contributed by atoms with Crippen LogP contribution in [-0.4, -0.2) is 33.4 Å². The number of aromatic hydroxyl groups is 1. The van der Waals surface area contributed by atoms with Crippen molar-refractivity contribution in [2.45, 2.75) is 25.6 Å². The zero-order valence-corrected chi connectivity index (χ0v) is 8.92. The fraction of sp³-hybridized carbons (Fsp3) is 0.364. The molecule has 1 rings (SSSR count). The summed E-state index contributed by atoms with van der Waals surface area (Å²) in [6.45, 7) is 1.59. The fourth-order valence-corrected chi connectivity index (χ4v) is 1.34. The first-order chi connectivity index (χ1) is 7.52. The predicted molar refractivity (Wildman–Crippen MR) is 58.1 cm³/mol. The van der Waals surface area contributed by atoms with Crippen LogP contribution in [0.2, 0.25) is 0 Å². The van der Waals surface area contributed by atoms with Gasteiger partial charge in [0, 0.05) is 12.1 Å². The minimum Gasteiger partial charge on any atom is -0.508 e. The van der Waals surface area contributed by atoms with Gasteiger partial charge < -0.3 is 15.3 Å². The van der Waals surface area contributed by atoms with Crippen LogP contribution >= 0.6 is 0 Å². The number of rotatable bonds is 5. The van der Waals surface area contributed by atoms with Crippen molar-refractivity contribution in [1.82, 2.24) is 5.32 Å². The van der Waals surface area contributed by atoms with E-state index in [2.05, 4.69) is 5.32 Å². The van der Waals surface area contributed by atoms with Crippen LogP contribution in [0.15, 0.2) is 24.3 Å². The van der Waals surface area contributed by atoms with E-state index in [0.29, 0.717) is 5.56 Å². The number of carboxylic acid groups (broad SMARTS) is 1. The quantitative estimate of drug-likeness (QED) is 0.579. The summed E-state index contributed by atoms with van der Waals surface area (Å²) in [5.41, 5.74) is 0.592. The molecule has 0 aliphatic rings. The summed E-state index contributed by atoms with van der Waals surface area (Å²) in [7, 11) is 0. The van der Waals surface area contributed by atoms with Gasteiger partial charge in [0.2, 0.25) is 0 Å². The van der Waals surface area contributed by atoms with Gasteiger partial charge >= 0.3 is 5.97 Å². The third-order valence-electron chi connectivity index (χ3n) is 2.25. The van der Waals surface area contributed by atoms with Gasteiger partial charge in [-0.05, 0) is 13.0 Å². The number of para-hydroxylation sites is 1. The van der Waals surface area contributed by atoms with E-state index in [1.165, 1.54) is 13.0 Å². The lowest BCUT2D eigenvalue weighted by atomic mass is 10.1. The Balaban J connectivity index is 2.63. The molecule has 5 nitrogen and oxygen atoms in total. The van der Waals surface area contributed by atoms with Crippen LogP contribution in [0.1, 0.15) is 12.5 Å². The van der Waals surface area contributed by atoms with E-state index in [1.807, 2.05) is 0 Å². The van der Waals surface area contributed by atoms with Gasteiger partial charge in [0.15, 0.2) is 0 Å². The maximum atomic E-state index is 10.8. The molecule has 0 aliphatic heterocycles. The topological polar surface area (TPSA) is 89.8 Å². The van der Waals surface area contributed by atoms with Gasteiger partial charge in [-0.25, -0.2) is 0 Å². The molecule has 0 saturated heterocycles. The number of carbonyl (C=O) groups is 1. The number of aliphatic hydroxyl groups excluding tert-OH is 1. The van der Waals surface area contributed by atoms with E-state index in [9.17, 15) is 15.0 Å². The van der Waals surface area contributed by atoms with Crippen LogP contribution < -0.4 is 5.32 Å². The first kappa shape index (κ1) is 12.5. The molecule has 0 radical (unpaired) electrons. The van der Waals surface area contributed by atoms with Crippen LogP contribution in [-0.2, 0) is 11.3 Å². The third-order valence-corrected chi connectivity index (χ3v) is 2.25. The summed E-state index contributed by atoms with van der Waals surface area (Å²) in [6, 6.07) is 5.59. The third kappa shape index (κ3) is 3.22. The lowest BCUT2D eigenvalue weighted by Gasteiger charge is -2.17. The molecular formula is C11H15NO4. The zero-order chi connectivity index (χ0) is 12.1. The highest BCUT2D eigenvalue weighted by Crippen LogP contribution is 2.15. The monoisotopic (exact) mass is 225 g/mol. The zero-order valence-electron chi connectivity index (χ0n) is 8.92. The summed E-state index contributed by atoms with van der Waals surface area (Å²) in [5.74, 6) is -1.02. The summed E-state index contributed by atoms with van der Waals surface area (Å²) >= 11 is 0. The SMILES string of the molecule is C[C@@H](O)[C@H](NCc1ccccc1O)C(=O)O. The second-order valence-electron chi connectivity index (χ2n) is 3.57. The second kappa shape index (κ2) is 5.48. The largest absolute Gasteiger partial charge is 0.508 e. The lowest BCUT2D eigenvalue weighted by Crippen LogP contribution is -2.44. The number of aliphatic carboxylic acids is 1. The molecule has 0 heterocycles. The molecule has 4 N–H and O–H groups in total. The van der Waals surface area contributed by atoms with E-state index in [-0.39, 0.29) is 12.3 Å². The average molecular weight is 225 g/mol. The molecule has 0 spiro atoms. The Kier molecular flexibility index (Phi) is 4.28. The summed E-state index contributed by atoms with van der Waals surface area (Å²) in [6.07, 6.45) is -0.997. The van der Waals surface area contributed by atoms with Crippen molar-refractivity contribution in [2.75, 3.05) is 0 Å². The number of aliphatic hydroxyl groups is 1. The Hall–Kier alpha value is -1.59. The van der Waals surface area contributed by atoms with Gasteiger partial charge in [-0.1, -0.05) is 18.2 Å². The van der Waals surface area contributed by atoms with Gasteiger partial charge in [-0.15, -0.1) is 0 Å². The van der Waals surface area contributed by atoms with Gasteiger partial charge in [0.25, 0.3) is 0 Å². The second-order valence-corrected chi connectivity index (χ2v) is 3.57. The molecule has 0 aliphatic carbocycles. The maximum absolute atomic E-state index is 10.8. The number of benzene rings is 1. The first-order valence-electron chi connectivity index (χ1n) is 4.93. The van der Waals surface area contributed by atoms with Gasteiger partial charge in [-0.2, -0.15) is 0 Å². The Bertz CT molecular complexity index is 365. The number of carboxylic acids is 1. The normalized spacial score (nSPS) is 14.4. The van der Waals surface area contributed by atoms with Crippen molar-refractivity contribution in [2.24, 2.45) is 0 Å². The molecule has 5 heteroatoms. The van der Waals surface area contributed by atoms with Crippen LogP contribution in [0.25, 0.3) is 0 Å². The summed E-state index contributed by atoms with van der Waals surface area (Å²) < 4.78 is 0. The smallest absolute Gasteiger partial charge is 0.323 e. The molecule has 1 aromatic rings. The van der Waals surface area contributed by atoms with E-state index < -0.39 is 18.1 Å². The average Bonchev–Trinajstić information content (AvgIpc) is 2.20. The molecule has 0 amide bonds. The Morgan fingerprint density at radius 2 is 2.06 bits per heavy atom. The predicted octanol–water partition coefficient (Wildman–Crippen LogP) is 0.316. The standard InChI is InChI=1S/C11H15NO4/c1-7(13)10(11(15)16)12-6-8-4-2-3-5-9(8)14/h2-5,7,10,12-14H,6H2,1H3,(H,15,16)/t7-,10+/m1/s1. The van der Waals surface area contributed by atoms with E-state index in [4.69, 9.17) is 5.11 Å². The minimum atomic E-state index is -1.12. The first-order valence-corrected chi connectivity index (χ1v) is 4.93. The molecule has 16 heavy (non-hydrogen) atoms. The molecule has 0 unspecified atom stereocenters. The number of phenols is 1. The molecule has 0 saturated carbocycles. The van der Waals surface area contributed by atoms with Gasteiger partial charge in [0.05, 0.1) is 6.10 Å². The highest BCUT2D eigenvalue weighted by Gasteiger charge is 2.22. The summed E-state index contributed by atoms with van der Waals surface area (Å²) in [5, 5.41) is 30.1. The number of nitrogens with one attached hydrogen (secondary N) is 1. The van der Waals surface area contributed by atoms with Crippen LogP contribution in [0.3, 0.4) is 0 Å². The van der Waals surface area contributed by atoms with Gasteiger partial charge in [0.1, 0.15) is 11.8 Å². The Labute approximate surface area is 93.4 Å². The molecule has 0 bridgehead atoms. The molecule has 0 fully saturated rings. The van der Waals surface area contributed by atoms with E-state index >= 15 is 0 Å². The summed E-state index contributed by atoms with van der Waals surface area (Å²) in [4.78, 5) is 10.8. The highest BCUT2D eigenvalue weighted by atomic mass is 16.4. The van der Waals surface area contributed by atoms with Crippen LogP contribution in [0, 0.1) is 0 Å². The molecule has 88 valence electrons.